The van der Waals surface area contributed by atoms with E-state index in [0.29, 0.717) is 36.7 Å². The van der Waals surface area contributed by atoms with Crippen LogP contribution in [0.2, 0.25) is 0 Å². The standard InChI is InChI=1S/C15H26N4O2/c1-6-16-12-9-17-14(10(2)3)18-13(12)15(21)19(5)8-7-11(4)20/h9-11,16,20H,6-8H2,1-5H3. The zero-order valence-corrected chi connectivity index (χ0v) is 13.6. The van der Waals surface area contributed by atoms with Gasteiger partial charge in [-0.1, -0.05) is 13.8 Å². The summed E-state index contributed by atoms with van der Waals surface area (Å²) in [5.74, 6) is 0.662. The smallest absolute Gasteiger partial charge is 0.274 e. The Hall–Kier alpha value is -1.69. The van der Waals surface area contributed by atoms with Crippen LogP contribution in [-0.4, -0.2) is 52.1 Å². The molecule has 0 saturated heterocycles. The maximum absolute atomic E-state index is 12.5. The number of hydrogen-bond donors (Lipinski definition) is 2. The quantitative estimate of drug-likeness (QED) is 0.802. The fourth-order valence-corrected chi connectivity index (χ4v) is 1.82. The number of nitrogens with zero attached hydrogens (tertiary/aromatic N) is 3. The van der Waals surface area contributed by atoms with E-state index in [4.69, 9.17) is 0 Å². The Morgan fingerprint density at radius 2 is 2.10 bits per heavy atom. The van der Waals surface area contributed by atoms with E-state index in [-0.39, 0.29) is 11.8 Å². The van der Waals surface area contributed by atoms with Crippen molar-refractivity contribution < 1.29 is 9.90 Å². The van der Waals surface area contributed by atoms with Crippen LogP contribution >= 0.6 is 0 Å². The lowest BCUT2D eigenvalue weighted by molar-refractivity contribution is 0.0763. The summed E-state index contributed by atoms with van der Waals surface area (Å²) in [7, 11) is 1.72. The van der Waals surface area contributed by atoms with Crippen LogP contribution in [0.1, 0.15) is 56.3 Å². The molecule has 6 nitrogen and oxygen atoms in total. The molecule has 0 aliphatic carbocycles. The van der Waals surface area contributed by atoms with Crippen molar-refractivity contribution in [3.63, 3.8) is 0 Å². The van der Waals surface area contributed by atoms with Crippen molar-refractivity contribution in [1.29, 1.82) is 0 Å². The summed E-state index contributed by atoms with van der Waals surface area (Å²) in [6.45, 7) is 8.85. The number of aromatic nitrogens is 2. The molecule has 0 saturated carbocycles. The van der Waals surface area contributed by atoms with Crippen LogP contribution in [0.25, 0.3) is 0 Å². The van der Waals surface area contributed by atoms with Gasteiger partial charge in [0.2, 0.25) is 0 Å². The Bertz CT molecular complexity index is 475. The van der Waals surface area contributed by atoms with E-state index in [0.717, 1.165) is 0 Å². The fraction of sp³-hybridized carbons (Fsp3) is 0.667. The molecule has 0 spiro atoms. The molecule has 0 fully saturated rings. The third-order valence-corrected chi connectivity index (χ3v) is 3.12. The molecular formula is C15H26N4O2. The third kappa shape index (κ3) is 4.97. The molecule has 0 aromatic carbocycles. The van der Waals surface area contributed by atoms with Crippen molar-refractivity contribution in [3.8, 4) is 0 Å². The predicted molar refractivity (Wildman–Crippen MR) is 83.5 cm³/mol. The van der Waals surface area contributed by atoms with Gasteiger partial charge in [-0.25, -0.2) is 9.97 Å². The first-order valence-corrected chi connectivity index (χ1v) is 7.41. The Morgan fingerprint density at radius 1 is 1.43 bits per heavy atom. The SMILES string of the molecule is CCNc1cnc(C(C)C)nc1C(=O)N(C)CCC(C)O. The van der Waals surface area contributed by atoms with E-state index in [2.05, 4.69) is 15.3 Å². The second kappa shape index (κ2) is 7.93. The Balaban J connectivity index is 3.01. The van der Waals surface area contributed by atoms with Crippen LogP contribution in [-0.2, 0) is 0 Å². The minimum Gasteiger partial charge on any atom is -0.393 e. The molecule has 6 heteroatoms. The van der Waals surface area contributed by atoms with Gasteiger partial charge in [0.1, 0.15) is 5.82 Å². The first kappa shape index (κ1) is 17.4. The largest absolute Gasteiger partial charge is 0.393 e. The van der Waals surface area contributed by atoms with Gasteiger partial charge in [0.25, 0.3) is 5.91 Å². The zero-order chi connectivity index (χ0) is 16.0. The minimum absolute atomic E-state index is 0.157. The Kier molecular flexibility index (Phi) is 6.55. The van der Waals surface area contributed by atoms with Gasteiger partial charge >= 0.3 is 0 Å². The predicted octanol–water partition coefficient (Wildman–Crippen LogP) is 1.87. The van der Waals surface area contributed by atoms with Gasteiger partial charge in [-0.05, 0) is 20.3 Å². The lowest BCUT2D eigenvalue weighted by atomic mass is 10.2. The van der Waals surface area contributed by atoms with E-state index in [1.54, 1.807) is 25.1 Å². The fourth-order valence-electron chi connectivity index (χ4n) is 1.82. The van der Waals surface area contributed by atoms with E-state index < -0.39 is 6.10 Å². The number of anilines is 1. The minimum atomic E-state index is -0.426. The van der Waals surface area contributed by atoms with Gasteiger partial charge in [-0.3, -0.25) is 4.79 Å². The highest BCUT2D eigenvalue weighted by molar-refractivity contribution is 5.97. The molecule has 2 N–H and O–H groups in total. The summed E-state index contributed by atoms with van der Waals surface area (Å²) in [6, 6.07) is 0. The number of hydrogen-bond acceptors (Lipinski definition) is 5. The number of aliphatic hydroxyl groups excluding tert-OH is 1. The number of amides is 1. The molecule has 1 aromatic heterocycles. The Labute approximate surface area is 126 Å². The van der Waals surface area contributed by atoms with E-state index in [9.17, 15) is 9.90 Å². The molecule has 0 aliphatic rings. The monoisotopic (exact) mass is 294 g/mol. The number of nitrogens with one attached hydrogen (secondary N) is 1. The van der Waals surface area contributed by atoms with Gasteiger partial charge in [0.15, 0.2) is 5.69 Å². The summed E-state index contributed by atoms with van der Waals surface area (Å²) in [6.07, 6.45) is 1.78. The topological polar surface area (TPSA) is 78.4 Å². The molecule has 1 unspecified atom stereocenters. The van der Waals surface area contributed by atoms with E-state index >= 15 is 0 Å². The summed E-state index contributed by atoms with van der Waals surface area (Å²) < 4.78 is 0. The van der Waals surface area contributed by atoms with Gasteiger partial charge in [0.05, 0.1) is 18.0 Å². The summed E-state index contributed by atoms with van der Waals surface area (Å²) in [5, 5.41) is 12.5. The van der Waals surface area contributed by atoms with Gasteiger partial charge in [0, 0.05) is 26.1 Å². The number of carbonyl (C=O) groups excluding carboxylic acids is 1. The van der Waals surface area contributed by atoms with E-state index in [1.807, 2.05) is 20.8 Å². The zero-order valence-electron chi connectivity index (χ0n) is 13.6. The summed E-state index contributed by atoms with van der Waals surface area (Å²) >= 11 is 0. The van der Waals surface area contributed by atoms with Crippen molar-refractivity contribution in [2.75, 3.05) is 25.5 Å². The van der Waals surface area contributed by atoms with Crippen molar-refractivity contribution in [3.05, 3.63) is 17.7 Å². The summed E-state index contributed by atoms with van der Waals surface area (Å²) in [5.41, 5.74) is 1.04. The second-order valence-electron chi connectivity index (χ2n) is 5.54. The molecule has 1 amide bonds. The molecular weight excluding hydrogens is 268 g/mol. The molecule has 1 rings (SSSR count). The normalized spacial score (nSPS) is 12.3. The van der Waals surface area contributed by atoms with Crippen molar-refractivity contribution in [2.45, 2.75) is 46.1 Å². The van der Waals surface area contributed by atoms with Crippen molar-refractivity contribution >= 4 is 11.6 Å². The van der Waals surface area contributed by atoms with E-state index in [1.165, 1.54) is 0 Å². The van der Waals surface area contributed by atoms with Gasteiger partial charge < -0.3 is 15.3 Å². The summed E-state index contributed by atoms with van der Waals surface area (Å²) in [4.78, 5) is 22.8. The molecule has 1 heterocycles. The third-order valence-electron chi connectivity index (χ3n) is 3.12. The number of aliphatic hydroxyl groups is 1. The van der Waals surface area contributed by atoms with Crippen LogP contribution in [0, 0.1) is 0 Å². The highest BCUT2D eigenvalue weighted by Gasteiger charge is 2.20. The average Bonchev–Trinajstić information content (AvgIpc) is 2.44. The molecule has 0 radical (unpaired) electrons. The molecule has 21 heavy (non-hydrogen) atoms. The highest BCUT2D eigenvalue weighted by atomic mass is 16.3. The van der Waals surface area contributed by atoms with Gasteiger partial charge in [-0.15, -0.1) is 0 Å². The second-order valence-corrected chi connectivity index (χ2v) is 5.54. The van der Waals surface area contributed by atoms with Crippen LogP contribution in [0.4, 0.5) is 5.69 Å². The first-order valence-electron chi connectivity index (χ1n) is 7.41. The molecule has 1 atom stereocenters. The van der Waals surface area contributed by atoms with Crippen LogP contribution in [0.3, 0.4) is 0 Å². The molecule has 1 aromatic rings. The van der Waals surface area contributed by atoms with Crippen molar-refractivity contribution in [2.24, 2.45) is 0 Å². The van der Waals surface area contributed by atoms with Gasteiger partial charge in [-0.2, -0.15) is 0 Å². The Morgan fingerprint density at radius 3 is 2.62 bits per heavy atom. The lowest BCUT2D eigenvalue weighted by Gasteiger charge is -2.20. The molecule has 0 aliphatic heterocycles. The van der Waals surface area contributed by atoms with Crippen LogP contribution < -0.4 is 5.32 Å². The first-order chi connectivity index (χ1) is 9.86. The van der Waals surface area contributed by atoms with Crippen LogP contribution in [0.5, 0.6) is 0 Å². The van der Waals surface area contributed by atoms with Crippen LogP contribution in [0.15, 0.2) is 6.20 Å². The molecule has 118 valence electrons. The molecule has 0 bridgehead atoms. The number of carbonyl (C=O) groups is 1. The van der Waals surface area contributed by atoms with Crippen molar-refractivity contribution in [1.82, 2.24) is 14.9 Å². The maximum Gasteiger partial charge on any atom is 0.274 e. The highest BCUT2D eigenvalue weighted by Crippen LogP contribution is 2.18. The lowest BCUT2D eigenvalue weighted by Crippen LogP contribution is -2.31. The average molecular weight is 294 g/mol. The maximum atomic E-state index is 12.5. The number of rotatable bonds is 7.